The van der Waals surface area contributed by atoms with Gasteiger partial charge in [-0.15, -0.1) is 0 Å². The van der Waals surface area contributed by atoms with Crippen LogP contribution >= 0.6 is 0 Å². The highest BCUT2D eigenvalue weighted by Crippen LogP contribution is 2.36. The lowest BCUT2D eigenvalue weighted by atomic mass is 9.97. The predicted molar refractivity (Wildman–Crippen MR) is 111 cm³/mol. The zero-order chi connectivity index (χ0) is 26.9. The zero-order valence-electron chi connectivity index (χ0n) is 18.8. The van der Waals surface area contributed by atoms with Gasteiger partial charge in [0.05, 0.1) is 23.9 Å². The molecule has 0 unspecified atom stereocenters. The molecule has 36 heavy (non-hydrogen) atoms. The van der Waals surface area contributed by atoms with E-state index in [0.717, 1.165) is 25.5 Å². The van der Waals surface area contributed by atoms with E-state index in [1.54, 1.807) is 0 Å². The first-order valence-corrected chi connectivity index (χ1v) is 12.0. The van der Waals surface area contributed by atoms with E-state index in [1.165, 1.54) is 5.01 Å². The van der Waals surface area contributed by atoms with Gasteiger partial charge in [-0.05, 0) is 18.2 Å². The van der Waals surface area contributed by atoms with Gasteiger partial charge in [0.1, 0.15) is 22.2 Å². The molecule has 0 bridgehead atoms. The van der Waals surface area contributed by atoms with Gasteiger partial charge in [-0.25, -0.2) is 23.2 Å². The Morgan fingerprint density at radius 2 is 1.83 bits per heavy atom. The standard InChI is InChI=1S/C20H21F7N4O4S/c1-34-18-13(15(35-10-19(22,23)24)3-4-16(18)36(2,32)33)7-29-30-31-8-11(9-31)17-14(21)5-12(6-28-17)20(25,26)27/h3-6,11,29-30H,7-10H2,1-2H3. The number of hydrazine groups is 2. The number of ether oxygens (including phenoxy) is 2. The normalized spacial score (nSPS) is 15.6. The summed E-state index contributed by atoms with van der Waals surface area (Å²) in [6.45, 7) is -1.55. The highest BCUT2D eigenvalue weighted by Gasteiger charge is 2.36. The van der Waals surface area contributed by atoms with Crippen molar-refractivity contribution in [1.29, 1.82) is 0 Å². The van der Waals surface area contributed by atoms with Crippen LogP contribution < -0.4 is 20.4 Å². The first kappa shape index (κ1) is 27.9. The van der Waals surface area contributed by atoms with Crippen molar-refractivity contribution in [3.05, 3.63) is 47.0 Å². The Labute approximate surface area is 201 Å². The average Bonchev–Trinajstić information content (AvgIpc) is 2.72. The monoisotopic (exact) mass is 546 g/mol. The molecule has 0 atom stereocenters. The van der Waals surface area contributed by atoms with Gasteiger partial charge in [0.15, 0.2) is 16.4 Å². The lowest BCUT2D eigenvalue weighted by molar-refractivity contribution is -0.153. The molecule has 0 radical (unpaired) electrons. The highest BCUT2D eigenvalue weighted by atomic mass is 32.2. The minimum atomic E-state index is -4.72. The number of methoxy groups -OCH3 is 1. The van der Waals surface area contributed by atoms with Crippen molar-refractivity contribution in [3.8, 4) is 11.5 Å². The van der Waals surface area contributed by atoms with Gasteiger partial charge in [0.25, 0.3) is 0 Å². The molecule has 1 aromatic heterocycles. The number of halogens is 7. The molecule has 1 aromatic carbocycles. The molecule has 0 amide bonds. The van der Waals surface area contributed by atoms with Gasteiger partial charge in [-0.2, -0.15) is 31.9 Å². The second kappa shape index (κ2) is 10.4. The first-order valence-electron chi connectivity index (χ1n) is 10.2. The molecule has 1 fully saturated rings. The van der Waals surface area contributed by atoms with Crippen LogP contribution in [0.2, 0.25) is 0 Å². The molecule has 1 aliphatic rings. The highest BCUT2D eigenvalue weighted by molar-refractivity contribution is 7.90. The third kappa shape index (κ3) is 6.74. The van der Waals surface area contributed by atoms with Crippen molar-refractivity contribution in [3.63, 3.8) is 0 Å². The molecule has 2 heterocycles. The third-order valence-electron chi connectivity index (χ3n) is 5.14. The molecule has 2 N–H and O–H groups in total. The van der Waals surface area contributed by atoms with Gasteiger partial charge >= 0.3 is 12.4 Å². The number of rotatable bonds is 9. The van der Waals surface area contributed by atoms with E-state index in [9.17, 15) is 39.2 Å². The Morgan fingerprint density at radius 3 is 2.36 bits per heavy atom. The largest absolute Gasteiger partial charge is 0.495 e. The van der Waals surface area contributed by atoms with Crippen molar-refractivity contribution in [2.45, 2.75) is 29.7 Å². The van der Waals surface area contributed by atoms with Gasteiger partial charge in [0, 0.05) is 38.0 Å². The topological polar surface area (TPSA) is 92.8 Å². The molecule has 3 rings (SSSR count). The van der Waals surface area contributed by atoms with Crippen molar-refractivity contribution in [2.75, 3.05) is 33.1 Å². The number of alkyl halides is 6. The summed E-state index contributed by atoms with van der Waals surface area (Å²) in [6.07, 6.45) is -7.90. The van der Waals surface area contributed by atoms with Crippen LogP contribution in [0.5, 0.6) is 11.5 Å². The summed E-state index contributed by atoms with van der Waals surface area (Å²) < 4.78 is 124. The van der Waals surface area contributed by atoms with Crippen LogP contribution in [-0.2, 0) is 22.6 Å². The summed E-state index contributed by atoms with van der Waals surface area (Å²) in [5.74, 6) is -2.06. The van der Waals surface area contributed by atoms with E-state index in [-0.39, 0.29) is 47.3 Å². The molecular formula is C20H21F7N4O4S. The minimum Gasteiger partial charge on any atom is -0.495 e. The van der Waals surface area contributed by atoms with Crippen molar-refractivity contribution >= 4 is 9.84 Å². The fourth-order valence-electron chi connectivity index (χ4n) is 3.45. The maximum Gasteiger partial charge on any atom is 0.422 e. The molecule has 1 saturated heterocycles. The number of hydrogen-bond donors (Lipinski definition) is 2. The maximum atomic E-state index is 14.1. The van der Waals surface area contributed by atoms with Crippen LogP contribution in [0.4, 0.5) is 30.7 Å². The number of aromatic nitrogens is 1. The fourth-order valence-corrected chi connectivity index (χ4v) is 4.31. The van der Waals surface area contributed by atoms with E-state index in [4.69, 9.17) is 9.47 Å². The minimum absolute atomic E-state index is 0.00954. The molecule has 1 aliphatic heterocycles. The predicted octanol–water partition coefficient (Wildman–Crippen LogP) is 3.20. The second-order valence-corrected chi connectivity index (χ2v) is 9.89. The summed E-state index contributed by atoms with van der Waals surface area (Å²) >= 11 is 0. The molecule has 200 valence electrons. The van der Waals surface area contributed by atoms with Gasteiger partial charge in [-0.3, -0.25) is 4.98 Å². The van der Waals surface area contributed by atoms with Gasteiger partial charge in [-0.1, -0.05) is 0 Å². The van der Waals surface area contributed by atoms with Gasteiger partial charge < -0.3 is 9.47 Å². The van der Waals surface area contributed by atoms with E-state index in [0.29, 0.717) is 12.3 Å². The average molecular weight is 546 g/mol. The Hall–Kier alpha value is -2.69. The summed E-state index contributed by atoms with van der Waals surface area (Å²) in [7, 11) is -2.64. The first-order chi connectivity index (χ1) is 16.6. The van der Waals surface area contributed by atoms with Crippen molar-refractivity contribution < 1.29 is 48.6 Å². The van der Waals surface area contributed by atoms with Crippen LogP contribution in [-0.4, -0.2) is 57.6 Å². The molecule has 0 spiro atoms. The number of benzene rings is 1. The summed E-state index contributed by atoms with van der Waals surface area (Å²) in [5.41, 5.74) is 4.05. The van der Waals surface area contributed by atoms with Crippen LogP contribution in [0.3, 0.4) is 0 Å². The zero-order valence-corrected chi connectivity index (χ0v) is 19.6. The molecule has 2 aromatic rings. The molecule has 0 saturated carbocycles. The Kier molecular flexibility index (Phi) is 8.02. The number of sulfone groups is 1. The quantitative estimate of drug-likeness (QED) is 0.366. The van der Waals surface area contributed by atoms with Crippen molar-refractivity contribution in [2.24, 2.45) is 0 Å². The lowest BCUT2D eigenvalue weighted by Crippen LogP contribution is -2.57. The number of pyridine rings is 1. The van der Waals surface area contributed by atoms with Crippen LogP contribution in [0.15, 0.2) is 29.3 Å². The maximum absolute atomic E-state index is 14.1. The van der Waals surface area contributed by atoms with Crippen LogP contribution in [0, 0.1) is 5.82 Å². The summed E-state index contributed by atoms with van der Waals surface area (Å²) in [6, 6.07) is 2.53. The molecular weight excluding hydrogens is 525 g/mol. The van der Waals surface area contributed by atoms with Crippen LogP contribution in [0.1, 0.15) is 22.7 Å². The Morgan fingerprint density at radius 1 is 1.17 bits per heavy atom. The van der Waals surface area contributed by atoms with E-state index >= 15 is 0 Å². The number of hydrogen-bond acceptors (Lipinski definition) is 8. The molecule has 16 heteroatoms. The molecule has 0 aliphatic carbocycles. The fraction of sp³-hybridized carbons (Fsp3) is 0.450. The van der Waals surface area contributed by atoms with Crippen molar-refractivity contribution in [1.82, 2.24) is 21.0 Å². The second-order valence-electron chi connectivity index (χ2n) is 7.91. The Bertz CT molecular complexity index is 1200. The molecule has 8 nitrogen and oxygen atoms in total. The smallest absolute Gasteiger partial charge is 0.422 e. The number of nitrogens with zero attached hydrogens (tertiary/aromatic N) is 2. The number of nitrogens with one attached hydrogen (secondary N) is 2. The lowest BCUT2D eigenvalue weighted by Gasteiger charge is -2.39. The summed E-state index contributed by atoms with van der Waals surface area (Å²) in [4.78, 5) is 3.33. The Balaban J connectivity index is 1.67. The summed E-state index contributed by atoms with van der Waals surface area (Å²) in [5, 5.41) is 1.51. The van der Waals surface area contributed by atoms with E-state index in [2.05, 4.69) is 15.9 Å². The van der Waals surface area contributed by atoms with E-state index < -0.39 is 46.1 Å². The van der Waals surface area contributed by atoms with E-state index in [1.807, 2.05) is 0 Å². The van der Waals surface area contributed by atoms with Crippen LogP contribution in [0.25, 0.3) is 0 Å². The third-order valence-corrected chi connectivity index (χ3v) is 6.26. The SMILES string of the molecule is COc1c(S(C)(=O)=O)ccc(OCC(F)(F)F)c1CNNN1CC(c2ncc(C(F)(F)F)cc2F)C1. The van der Waals surface area contributed by atoms with Gasteiger partial charge in [0.2, 0.25) is 0 Å².